The first kappa shape index (κ1) is 25.8. The second-order valence-corrected chi connectivity index (χ2v) is 10.2. The molecule has 1 aliphatic rings. The zero-order valence-electron chi connectivity index (χ0n) is 21.7. The standard InChI is InChI=1S/C31H33FN4O2/c1-38-28-14-12-24(13-15-28)29-21-36(26-8-3-2-4-9-26)31(35-29)18-27(37)16-22-6-5-7-23(11-10-22)17-30-33-19-25(32)20-34-30/h2-4,8-9,12-15,19-23H,5-7,10-11,16-18H2,1H3. The Kier molecular flexibility index (Phi) is 8.22. The van der Waals surface area contributed by atoms with E-state index >= 15 is 0 Å². The van der Waals surface area contributed by atoms with Crippen LogP contribution in [0.3, 0.4) is 0 Å². The monoisotopic (exact) mass is 512 g/mol. The first-order chi connectivity index (χ1) is 18.6. The van der Waals surface area contributed by atoms with Crippen molar-refractivity contribution in [1.29, 1.82) is 0 Å². The largest absolute Gasteiger partial charge is 0.497 e. The molecule has 7 heteroatoms. The molecule has 0 saturated heterocycles. The number of nitrogens with zero attached hydrogens (tertiary/aromatic N) is 4. The maximum Gasteiger partial charge on any atom is 0.159 e. The Balaban J connectivity index is 1.25. The summed E-state index contributed by atoms with van der Waals surface area (Å²) in [7, 11) is 1.65. The summed E-state index contributed by atoms with van der Waals surface area (Å²) in [5.41, 5.74) is 2.80. The van der Waals surface area contributed by atoms with E-state index in [0.29, 0.717) is 30.5 Å². The molecule has 5 rings (SSSR count). The molecule has 1 aliphatic carbocycles. The lowest BCUT2D eigenvalue weighted by atomic mass is 9.92. The van der Waals surface area contributed by atoms with Gasteiger partial charge in [0.05, 0.1) is 31.6 Å². The van der Waals surface area contributed by atoms with Crippen molar-refractivity contribution in [1.82, 2.24) is 19.5 Å². The van der Waals surface area contributed by atoms with Gasteiger partial charge in [-0.05, 0) is 61.1 Å². The molecule has 2 aromatic carbocycles. The molecule has 2 heterocycles. The van der Waals surface area contributed by atoms with E-state index in [9.17, 15) is 9.18 Å². The molecule has 196 valence electrons. The average Bonchev–Trinajstić information content (AvgIpc) is 3.24. The fraction of sp³-hybridized carbons (Fsp3) is 0.355. The normalized spacial score (nSPS) is 17.6. The van der Waals surface area contributed by atoms with E-state index in [1.807, 2.05) is 65.4 Å². The van der Waals surface area contributed by atoms with Gasteiger partial charge in [0.15, 0.2) is 5.82 Å². The molecule has 1 saturated carbocycles. The van der Waals surface area contributed by atoms with Crippen LogP contribution in [0.2, 0.25) is 0 Å². The van der Waals surface area contributed by atoms with E-state index in [1.165, 1.54) is 12.4 Å². The van der Waals surface area contributed by atoms with Gasteiger partial charge in [-0.25, -0.2) is 19.3 Å². The van der Waals surface area contributed by atoms with Crippen LogP contribution >= 0.6 is 0 Å². The Morgan fingerprint density at radius 1 is 0.974 bits per heavy atom. The van der Waals surface area contributed by atoms with Crippen LogP contribution in [0.5, 0.6) is 5.75 Å². The van der Waals surface area contributed by atoms with Gasteiger partial charge < -0.3 is 9.30 Å². The first-order valence-corrected chi connectivity index (χ1v) is 13.3. The number of hydrogen-bond donors (Lipinski definition) is 0. The van der Waals surface area contributed by atoms with Gasteiger partial charge in [0.25, 0.3) is 0 Å². The summed E-state index contributed by atoms with van der Waals surface area (Å²) in [6, 6.07) is 17.8. The van der Waals surface area contributed by atoms with Gasteiger partial charge in [0.1, 0.15) is 23.2 Å². The summed E-state index contributed by atoms with van der Waals surface area (Å²) < 4.78 is 20.4. The highest BCUT2D eigenvalue weighted by Crippen LogP contribution is 2.31. The lowest BCUT2D eigenvalue weighted by Crippen LogP contribution is -2.13. The van der Waals surface area contributed by atoms with Crippen LogP contribution in [-0.4, -0.2) is 32.4 Å². The number of hydrogen-bond acceptors (Lipinski definition) is 5. The number of halogens is 1. The van der Waals surface area contributed by atoms with Crippen molar-refractivity contribution in [2.45, 2.75) is 51.4 Å². The molecular formula is C31H33FN4O2. The van der Waals surface area contributed by atoms with E-state index < -0.39 is 5.82 Å². The number of imidazole rings is 1. The summed E-state index contributed by atoms with van der Waals surface area (Å²) >= 11 is 0. The molecule has 4 aromatic rings. The van der Waals surface area contributed by atoms with Crippen LogP contribution in [0, 0.1) is 17.7 Å². The van der Waals surface area contributed by atoms with E-state index in [2.05, 4.69) is 9.97 Å². The predicted molar refractivity (Wildman–Crippen MR) is 145 cm³/mol. The molecule has 0 amide bonds. The summed E-state index contributed by atoms with van der Waals surface area (Å²) in [5.74, 6) is 2.92. The van der Waals surface area contributed by atoms with E-state index in [-0.39, 0.29) is 5.78 Å². The molecular weight excluding hydrogens is 479 g/mol. The van der Waals surface area contributed by atoms with Gasteiger partial charge in [0, 0.05) is 30.3 Å². The SMILES string of the molecule is COc1ccc(-c2cn(-c3ccccc3)c(CC(=O)CC3CCCC(Cc4ncc(F)cn4)CC3)n2)cc1. The van der Waals surface area contributed by atoms with Crippen molar-refractivity contribution in [2.24, 2.45) is 11.8 Å². The number of methoxy groups -OCH3 is 1. The van der Waals surface area contributed by atoms with Gasteiger partial charge in [-0.2, -0.15) is 0 Å². The fourth-order valence-electron chi connectivity index (χ4n) is 5.39. The molecule has 0 aliphatic heterocycles. The second kappa shape index (κ2) is 12.1. The quantitative estimate of drug-likeness (QED) is 0.242. The zero-order valence-corrected chi connectivity index (χ0v) is 21.7. The van der Waals surface area contributed by atoms with Crippen LogP contribution in [0.25, 0.3) is 16.9 Å². The molecule has 0 radical (unpaired) electrons. The lowest BCUT2D eigenvalue weighted by Gasteiger charge is -2.15. The van der Waals surface area contributed by atoms with Gasteiger partial charge in [-0.1, -0.05) is 37.5 Å². The second-order valence-electron chi connectivity index (χ2n) is 10.2. The van der Waals surface area contributed by atoms with Crippen molar-refractivity contribution in [2.75, 3.05) is 7.11 Å². The number of Topliss-reactive ketones (excluding diaryl/α,β-unsaturated/α-hetero) is 1. The minimum Gasteiger partial charge on any atom is -0.497 e. The summed E-state index contributed by atoms with van der Waals surface area (Å²) in [6.07, 6.45) is 11.4. The Labute approximate surface area is 222 Å². The van der Waals surface area contributed by atoms with Gasteiger partial charge >= 0.3 is 0 Å². The highest BCUT2D eigenvalue weighted by atomic mass is 19.1. The van der Waals surface area contributed by atoms with E-state index in [1.54, 1.807) is 7.11 Å². The topological polar surface area (TPSA) is 69.9 Å². The molecule has 38 heavy (non-hydrogen) atoms. The molecule has 0 bridgehead atoms. The van der Waals surface area contributed by atoms with Crippen LogP contribution in [0.1, 0.15) is 50.2 Å². The van der Waals surface area contributed by atoms with Crippen LogP contribution < -0.4 is 4.74 Å². The third-order valence-electron chi connectivity index (χ3n) is 7.42. The minimum absolute atomic E-state index is 0.222. The van der Waals surface area contributed by atoms with Crippen molar-refractivity contribution >= 4 is 5.78 Å². The van der Waals surface area contributed by atoms with Gasteiger partial charge in [0.2, 0.25) is 0 Å². The lowest BCUT2D eigenvalue weighted by molar-refractivity contribution is -0.119. The summed E-state index contributed by atoms with van der Waals surface area (Å²) in [5, 5.41) is 0. The highest BCUT2D eigenvalue weighted by Gasteiger charge is 2.23. The van der Waals surface area contributed by atoms with Crippen molar-refractivity contribution in [3.63, 3.8) is 0 Å². The van der Waals surface area contributed by atoms with Crippen LogP contribution in [-0.2, 0) is 17.6 Å². The van der Waals surface area contributed by atoms with Crippen molar-refractivity contribution in [3.8, 4) is 22.7 Å². The summed E-state index contributed by atoms with van der Waals surface area (Å²) in [4.78, 5) is 26.4. The third-order valence-corrected chi connectivity index (χ3v) is 7.42. The molecule has 2 atom stereocenters. The van der Waals surface area contributed by atoms with Crippen LogP contribution in [0.15, 0.2) is 73.2 Å². The number of ketones is 1. The number of carbonyl (C=O) groups is 1. The van der Waals surface area contributed by atoms with Crippen molar-refractivity contribution < 1.29 is 13.9 Å². The molecule has 2 aromatic heterocycles. The Morgan fingerprint density at radius 3 is 2.42 bits per heavy atom. The number of rotatable bonds is 9. The Morgan fingerprint density at radius 2 is 1.68 bits per heavy atom. The third kappa shape index (κ3) is 6.52. The molecule has 2 unspecified atom stereocenters. The smallest absolute Gasteiger partial charge is 0.159 e. The predicted octanol–water partition coefficient (Wildman–Crippen LogP) is 6.42. The fourth-order valence-corrected chi connectivity index (χ4v) is 5.39. The Bertz CT molecular complexity index is 1340. The van der Waals surface area contributed by atoms with Crippen molar-refractivity contribution in [3.05, 3.63) is 90.7 Å². The number of carbonyl (C=O) groups excluding carboxylic acids is 1. The van der Waals surface area contributed by atoms with Gasteiger partial charge in [-0.15, -0.1) is 0 Å². The van der Waals surface area contributed by atoms with Crippen LogP contribution in [0.4, 0.5) is 4.39 Å². The number of aromatic nitrogens is 4. The van der Waals surface area contributed by atoms with E-state index in [0.717, 1.165) is 67.0 Å². The highest BCUT2D eigenvalue weighted by molar-refractivity contribution is 5.81. The first-order valence-electron chi connectivity index (χ1n) is 13.3. The molecule has 1 fully saturated rings. The number of ether oxygens (including phenoxy) is 1. The molecule has 0 spiro atoms. The maximum absolute atomic E-state index is 13.3. The molecule has 0 N–H and O–H groups in total. The zero-order chi connectivity index (χ0) is 26.3. The minimum atomic E-state index is -0.405. The maximum atomic E-state index is 13.3. The number of para-hydroxylation sites is 1. The average molecular weight is 513 g/mol. The van der Waals surface area contributed by atoms with E-state index in [4.69, 9.17) is 9.72 Å². The summed E-state index contributed by atoms with van der Waals surface area (Å²) in [6.45, 7) is 0. The number of benzene rings is 2. The Hall–Kier alpha value is -3.87. The van der Waals surface area contributed by atoms with Gasteiger partial charge in [-0.3, -0.25) is 4.79 Å². The molecule has 6 nitrogen and oxygen atoms in total.